The minimum Gasteiger partial charge on any atom is -0.497 e. The lowest BCUT2D eigenvalue weighted by atomic mass is 10.1. The third-order valence-electron chi connectivity index (χ3n) is 4.77. The van der Waals surface area contributed by atoms with E-state index in [9.17, 15) is 13.2 Å². The van der Waals surface area contributed by atoms with Crippen LogP contribution in [0.4, 0.5) is 0 Å². The van der Waals surface area contributed by atoms with Gasteiger partial charge in [-0.25, -0.2) is 17.8 Å². The van der Waals surface area contributed by atoms with Gasteiger partial charge < -0.3 is 9.47 Å². The van der Waals surface area contributed by atoms with Gasteiger partial charge in [-0.05, 0) is 61.0 Å². The van der Waals surface area contributed by atoms with E-state index in [1.807, 2.05) is 12.1 Å². The molecule has 1 aromatic heterocycles. The zero-order chi connectivity index (χ0) is 23.0. The summed E-state index contributed by atoms with van der Waals surface area (Å²) >= 11 is 0. The molecule has 2 aromatic carbocycles. The molecular formula is C23H27N3O5S. The molecule has 0 unspecified atom stereocenters. The van der Waals surface area contributed by atoms with Crippen LogP contribution in [0, 0.1) is 0 Å². The molecule has 0 spiro atoms. The Morgan fingerprint density at radius 3 is 2.31 bits per heavy atom. The third kappa shape index (κ3) is 6.18. The highest BCUT2D eigenvalue weighted by atomic mass is 32.2. The van der Waals surface area contributed by atoms with Crippen molar-refractivity contribution in [2.45, 2.75) is 31.2 Å². The maximum Gasteiger partial charge on any atom is 0.266 e. The van der Waals surface area contributed by atoms with Crippen LogP contribution < -0.4 is 19.8 Å². The van der Waals surface area contributed by atoms with Gasteiger partial charge >= 0.3 is 0 Å². The van der Waals surface area contributed by atoms with E-state index in [1.165, 1.54) is 22.9 Å². The second-order valence-electron chi connectivity index (χ2n) is 7.08. The van der Waals surface area contributed by atoms with Crippen molar-refractivity contribution in [3.05, 3.63) is 71.0 Å². The van der Waals surface area contributed by atoms with Crippen LogP contribution in [0.1, 0.15) is 19.8 Å². The van der Waals surface area contributed by atoms with E-state index in [0.29, 0.717) is 18.1 Å². The summed E-state index contributed by atoms with van der Waals surface area (Å²) in [4.78, 5) is 12.3. The fraction of sp³-hybridized carbons (Fsp3) is 0.304. The van der Waals surface area contributed by atoms with E-state index in [-0.39, 0.29) is 23.5 Å². The van der Waals surface area contributed by atoms with Crippen LogP contribution in [0.5, 0.6) is 11.5 Å². The average Bonchev–Trinajstić information content (AvgIpc) is 2.81. The molecule has 32 heavy (non-hydrogen) atoms. The van der Waals surface area contributed by atoms with E-state index in [4.69, 9.17) is 9.47 Å². The fourth-order valence-electron chi connectivity index (χ4n) is 2.94. The summed E-state index contributed by atoms with van der Waals surface area (Å²) in [5, 5.41) is 4.35. The van der Waals surface area contributed by atoms with E-state index in [1.54, 1.807) is 37.4 Å². The number of sulfonamides is 1. The fourth-order valence-corrected chi connectivity index (χ4v) is 3.96. The Labute approximate surface area is 187 Å². The molecule has 0 amide bonds. The lowest BCUT2D eigenvalue weighted by molar-refractivity contribution is 0.309. The Morgan fingerprint density at radius 1 is 0.969 bits per heavy atom. The zero-order valence-electron chi connectivity index (χ0n) is 18.2. The number of methoxy groups -OCH3 is 1. The number of unbranched alkanes of at least 4 members (excludes halogenated alkanes) is 1. The number of nitrogens with one attached hydrogen (secondary N) is 1. The van der Waals surface area contributed by atoms with Crippen molar-refractivity contribution in [1.29, 1.82) is 0 Å². The van der Waals surface area contributed by atoms with Gasteiger partial charge in [0.25, 0.3) is 5.56 Å². The van der Waals surface area contributed by atoms with Gasteiger partial charge in [0.2, 0.25) is 10.0 Å². The predicted octanol–water partition coefficient (Wildman–Crippen LogP) is 3.08. The second kappa shape index (κ2) is 10.9. The van der Waals surface area contributed by atoms with Crippen molar-refractivity contribution in [3.63, 3.8) is 0 Å². The van der Waals surface area contributed by atoms with E-state index in [0.717, 1.165) is 24.2 Å². The Balaban J connectivity index is 1.63. The molecule has 0 atom stereocenters. The van der Waals surface area contributed by atoms with Gasteiger partial charge in [-0.3, -0.25) is 4.79 Å². The number of nitrogens with zero attached hydrogens (tertiary/aromatic N) is 2. The number of aromatic nitrogens is 2. The molecule has 0 saturated carbocycles. The summed E-state index contributed by atoms with van der Waals surface area (Å²) in [6.45, 7) is 2.79. The summed E-state index contributed by atoms with van der Waals surface area (Å²) in [5.74, 6) is 1.35. The maximum atomic E-state index is 12.6. The predicted molar refractivity (Wildman–Crippen MR) is 123 cm³/mol. The largest absolute Gasteiger partial charge is 0.497 e. The molecule has 0 aliphatic rings. The number of ether oxygens (including phenoxy) is 2. The van der Waals surface area contributed by atoms with Gasteiger partial charge in [-0.15, -0.1) is 0 Å². The molecule has 0 saturated heterocycles. The molecule has 0 radical (unpaired) electrons. The second-order valence-corrected chi connectivity index (χ2v) is 8.85. The summed E-state index contributed by atoms with van der Waals surface area (Å²) in [6.07, 6.45) is 1.96. The quantitative estimate of drug-likeness (QED) is 0.444. The SMILES string of the molecule is CCCCOc1ccc(S(=O)(=O)NCCn2nc(-c3ccc(OC)cc3)ccc2=O)cc1. The maximum absolute atomic E-state index is 12.6. The number of hydrogen-bond acceptors (Lipinski definition) is 6. The van der Waals surface area contributed by atoms with Gasteiger partial charge in [-0.2, -0.15) is 5.10 Å². The highest BCUT2D eigenvalue weighted by Gasteiger charge is 2.14. The Hall–Kier alpha value is -3.17. The minimum atomic E-state index is -3.72. The van der Waals surface area contributed by atoms with Gasteiger partial charge in [0.1, 0.15) is 11.5 Å². The first-order valence-corrected chi connectivity index (χ1v) is 11.9. The molecule has 3 rings (SSSR count). The van der Waals surface area contributed by atoms with Gasteiger partial charge in [0.05, 0.1) is 30.9 Å². The molecular weight excluding hydrogens is 430 g/mol. The summed E-state index contributed by atoms with van der Waals surface area (Å²) in [7, 11) is -2.13. The third-order valence-corrected chi connectivity index (χ3v) is 6.25. The van der Waals surface area contributed by atoms with Crippen LogP contribution in [-0.4, -0.2) is 38.5 Å². The Kier molecular flexibility index (Phi) is 8.02. The van der Waals surface area contributed by atoms with Crippen LogP contribution in [-0.2, 0) is 16.6 Å². The average molecular weight is 458 g/mol. The minimum absolute atomic E-state index is 0.0239. The number of benzene rings is 2. The van der Waals surface area contributed by atoms with Crippen LogP contribution in [0.3, 0.4) is 0 Å². The Bertz CT molecular complexity index is 1170. The van der Waals surface area contributed by atoms with Crippen molar-refractivity contribution in [2.75, 3.05) is 20.3 Å². The molecule has 0 aliphatic carbocycles. The smallest absolute Gasteiger partial charge is 0.266 e. The summed E-state index contributed by atoms with van der Waals surface area (Å²) in [5.41, 5.74) is 1.12. The van der Waals surface area contributed by atoms with Crippen molar-refractivity contribution in [3.8, 4) is 22.8 Å². The monoisotopic (exact) mass is 457 g/mol. The molecule has 0 bridgehead atoms. The number of rotatable bonds is 11. The molecule has 0 aliphatic heterocycles. The molecule has 1 N–H and O–H groups in total. The Morgan fingerprint density at radius 2 is 1.66 bits per heavy atom. The standard InChI is InChI=1S/C23H27N3O5S/c1-3-4-17-31-20-9-11-21(12-10-20)32(28,29)24-15-16-26-23(27)14-13-22(25-26)18-5-7-19(30-2)8-6-18/h5-14,24H,3-4,15-17H2,1-2H3. The molecule has 3 aromatic rings. The topological polar surface area (TPSA) is 99.5 Å². The summed E-state index contributed by atoms with van der Waals surface area (Å²) in [6, 6.07) is 16.6. The van der Waals surface area contributed by atoms with Crippen LogP contribution in [0.2, 0.25) is 0 Å². The zero-order valence-corrected chi connectivity index (χ0v) is 19.0. The lowest BCUT2D eigenvalue weighted by Gasteiger charge is -2.10. The highest BCUT2D eigenvalue weighted by Crippen LogP contribution is 2.19. The van der Waals surface area contributed by atoms with Crippen molar-refractivity contribution >= 4 is 10.0 Å². The first-order valence-electron chi connectivity index (χ1n) is 10.4. The molecule has 1 heterocycles. The van der Waals surface area contributed by atoms with E-state index in [2.05, 4.69) is 16.7 Å². The molecule has 9 heteroatoms. The number of hydrogen-bond donors (Lipinski definition) is 1. The molecule has 0 fully saturated rings. The van der Waals surface area contributed by atoms with Crippen LogP contribution in [0.25, 0.3) is 11.3 Å². The van der Waals surface area contributed by atoms with Crippen molar-refractivity contribution in [1.82, 2.24) is 14.5 Å². The van der Waals surface area contributed by atoms with E-state index < -0.39 is 10.0 Å². The van der Waals surface area contributed by atoms with Crippen molar-refractivity contribution in [2.24, 2.45) is 0 Å². The molecule has 170 valence electrons. The van der Waals surface area contributed by atoms with Gasteiger partial charge in [0, 0.05) is 18.2 Å². The van der Waals surface area contributed by atoms with Crippen LogP contribution in [0.15, 0.2) is 70.4 Å². The first kappa shape index (κ1) is 23.5. The van der Waals surface area contributed by atoms with E-state index >= 15 is 0 Å². The molecule has 8 nitrogen and oxygen atoms in total. The highest BCUT2D eigenvalue weighted by molar-refractivity contribution is 7.89. The van der Waals surface area contributed by atoms with Gasteiger partial charge in [-0.1, -0.05) is 13.3 Å². The van der Waals surface area contributed by atoms with Crippen molar-refractivity contribution < 1.29 is 17.9 Å². The first-order chi connectivity index (χ1) is 15.4. The normalized spacial score (nSPS) is 11.3. The van der Waals surface area contributed by atoms with Gasteiger partial charge in [0.15, 0.2) is 0 Å². The summed E-state index contributed by atoms with van der Waals surface area (Å²) < 4.78 is 39.6. The lowest BCUT2D eigenvalue weighted by Crippen LogP contribution is -2.32. The van der Waals surface area contributed by atoms with Crippen LogP contribution >= 0.6 is 0 Å².